The second-order valence-corrected chi connectivity index (χ2v) is 8.08. The Balaban J connectivity index is 1.53. The van der Waals surface area contributed by atoms with E-state index in [-0.39, 0.29) is 5.91 Å². The maximum Gasteiger partial charge on any atom is 0.285 e. The minimum atomic E-state index is -0.199. The van der Waals surface area contributed by atoms with Gasteiger partial charge in [0.15, 0.2) is 11.5 Å². The molecule has 3 heterocycles. The fraction of sp³-hybridized carbons (Fsp3) is 0. The van der Waals surface area contributed by atoms with Crippen molar-refractivity contribution in [1.82, 2.24) is 9.97 Å². The molecule has 0 atom stereocenters. The van der Waals surface area contributed by atoms with Crippen LogP contribution in [0.3, 0.4) is 0 Å². The van der Waals surface area contributed by atoms with Crippen molar-refractivity contribution in [2.45, 2.75) is 0 Å². The van der Waals surface area contributed by atoms with Gasteiger partial charge < -0.3 is 0 Å². The number of aliphatic imine (C=N–C) groups is 1. The molecule has 0 unspecified atom stereocenters. The summed E-state index contributed by atoms with van der Waals surface area (Å²) in [6, 6.07) is 31.8. The van der Waals surface area contributed by atoms with Gasteiger partial charge in [-0.3, -0.25) is 9.69 Å². The first-order chi connectivity index (χ1) is 16.3. The molecule has 0 spiro atoms. The molecule has 0 bridgehead atoms. The van der Waals surface area contributed by atoms with E-state index in [0.29, 0.717) is 22.9 Å². The van der Waals surface area contributed by atoms with Crippen LogP contribution in [0.25, 0.3) is 33.3 Å². The molecule has 33 heavy (non-hydrogen) atoms. The lowest BCUT2D eigenvalue weighted by atomic mass is 10.0. The van der Waals surface area contributed by atoms with E-state index in [9.17, 15) is 4.79 Å². The average Bonchev–Trinajstić information content (AvgIpc) is 3.16. The summed E-state index contributed by atoms with van der Waals surface area (Å²) in [5.41, 5.74) is 5.78. The zero-order chi connectivity index (χ0) is 21.9. The van der Waals surface area contributed by atoms with Crippen LogP contribution in [0, 0.1) is 0 Å². The molecule has 0 saturated heterocycles. The summed E-state index contributed by atoms with van der Waals surface area (Å²) in [4.78, 5) is 30.1. The number of hydrogen-bond donors (Lipinski definition) is 0. The van der Waals surface area contributed by atoms with Crippen LogP contribution in [0.5, 0.6) is 0 Å². The van der Waals surface area contributed by atoms with Crippen LogP contribution in [0.2, 0.25) is 0 Å². The van der Waals surface area contributed by atoms with Gasteiger partial charge in [0.05, 0.1) is 22.8 Å². The zero-order valence-electron chi connectivity index (χ0n) is 17.4. The third kappa shape index (κ3) is 2.53. The fourth-order valence-electron chi connectivity index (χ4n) is 4.66. The molecule has 2 aliphatic rings. The van der Waals surface area contributed by atoms with Gasteiger partial charge in [-0.15, -0.1) is 0 Å². The van der Waals surface area contributed by atoms with Crippen molar-refractivity contribution in [3.8, 4) is 22.5 Å². The van der Waals surface area contributed by atoms with Crippen LogP contribution in [-0.2, 0) is 0 Å². The monoisotopic (exact) mass is 424 g/mol. The topological polar surface area (TPSA) is 58.5 Å². The molecule has 1 amide bonds. The van der Waals surface area contributed by atoms with E-state index in [2.05, 4.69) is 0 Å². The van der Waals surface area contributed by atoms with Crippen LogP contribution in [0.4, 0.5) is 11.4 Å². The van der Waals surface area contributed by atoms with Crippen LogP contribution >= 0.6 is 0 Å². The van der Waals surface area contributed by atoms with Crippen molar-refractivity contribution < 1.29 is 4.79 Å². The molecule has 5 nitrogen and oxygen atoms in total. The van der Waals surface area contributed by atoms with Gasteiger partial charge in [0.1, 0.15) is 5.69 Å². The van der Waals surface area contributed by atoms with Crippen molar-refractivity contribution in [3.05, 3.63) is 108 Å². The maximum absolute atomic E-state index is 13.7. The molecule has 1 aromatic heterocycles. The van der Waals surface area contributed by atoms with Crippen molar-refractivity contribution in [3.63, 3.8) is 0 Å². The van der Waals surface area contributed by atoms with Gasteiger partial charge >= 0.3 is 0 Å². The van der Waals surface area contributed by atoms with Crippen molar-refractivity contribution in [1.29, 1.82) is 0 Å². The minimum Gasteiger partial charge on any atom is -0.266 e. The number of rotatable bonds is 2. The van der Waals surface area contributed by atoms with Gasteiger partial charge in [-0.25, -0.2) is 15.0 Å². The van der Waals surface area contributed by atoms with Gasteiger partial charge in [-0.05, 0) is 17.5 Å². The van der Waals surface area contributed by atoms with E-state index in [4.69, 9.17) is 15.0 Å². The van der Waals surface area contributed by atoms with Gasteiger partial charge in [0.25, 0.3) is 5.91 Å². The molecule has 4 aromatic carbocycles. The highest BCUT2D eigenvalue weighted by molar-refractivity contribution is 6.39. The Morgan fingerprint density at radius 2 is 1.18 bits per heavy atom. The predicted octanol–water partition coefficient (Wildman–Crippen LogP) is 6.02. The summed E-state index contributed by atoms with van der Waals surface area (Å²) in [6.45, 7) is 0. The molecule has 0 N–H and O–H groups in total. The first kappa shape index (κ1) is 18.0. The highest BCUT2D eigenvalue weighted by Crippen LogP contribution is 2.43. The number of hydrogen-bond acceptors (Lipinski definition) is 4. The molecule has 0 radical (unpaired) electrons. The molecule has 0 aliphatic carbocycles. The minimum absolute atomic E-state index is 0.199. The fourth-order valence-corrected chi connectivity index (χ4v) is 4.66. The predicted molar refractivity (Wildman–Crippen MR) is 130 cm³/mol. The molecule has 5 aromatic rings. The third-order valence-electron chi connectivity index (χ3n) is 6.15. The highest BCUT2D eigenvalue weighted by Gasteiger charge is 2.41. The van der Waals surface area contributed by atoms with E-state index in [0.717, 1.165) is 39.0 Å². The number of amides is 1. The van der Waals surface area contributed by atoms with Crippen LogP contribution in [0.15, 0.2) is 102 Å². The second kappa shape index (κ2) is 6.68. The highest BCUT2D eigenvalue weighted by atomic mass is 16.2. The normalized spacial score (nSPS) is 13.6. The summed E-state index contributed by atoms with van der Waals surface area (Å²) in [7, 11) is 0. The largest absolute Gasteiger partial charge is 0.285 e. The number of amidine groups is 1. The lowest BCUT2D eigenvalue weighted by Gasteiger charge is -2.23. The molecule has 7 rings (SSSR count). The summed E-state index contributed by atoms with van der Waals surface area (Å²) in [6.07, 6.45) is 0. The number of anilines is 1. The summed E-state index contributed by atoms with van der Waals surface area (Å²) in [5.74, 6) is 0.334. The summed E-state index contributed by atoms with van der Waals surface area (Å²) >= 11 is 0. The Kier molecular flexibility index (Phi) is 3.64. The van der Waals surface area contributed by atoms with Gasteiger partial charge in [-0.1, -0.05) is 84.9 Å². The van der Waals surface area contributed by atoms with E-state index in [1.807, 2.05) is 97.1 Å². The van der Waals surface area contributed by atoms with Crippen LogP contribution in [-0.4, -0.2) is 21.7 Å². The first-order valence-corrected chi connectivity index (χ1v) is 10.8. The van der Waals surface area contributed by atoms with E-state index >= 15 is 0 Å². The maximum atomic E-state index is 13.7. The number of carbonyl (C=O) groups is 1. The Bertz CT molecular complexity index is 1620. The average molecular weight is 424 g/mol. The van der Waals surface area contributed by atoms with E-state index in [1.165, 1.54) is 0 Å². The standard InChI is InChI=1S/C28H16N4O/c33-28-26-25(27-29-20-15-7-13-17-14-8-16-21(22(17)20)32(27)28)30-23(18-9-3-1-4-10-18)24(31-26)19-11-5-2-6-12-19/h1-16H. The SMILES string of the molecule is O=C1c2nc(-c3ccccc3)c(-c3ccccc3)nc2C2=Nc3cccc4cccc(c34)N12. The Labute approximate surface area is 189 Å². The number of carbonyl (C=O) groups excluding carboxylic acids is 1. The van der Waals surface area contributed by atoms with Gasteiger partial charge in [0, 0.05) is 16.5 Å². The van der Waals surface area contributed by atoms with E-state index in [1.54, 1.807) is 4.90 Å². The molecular weight excluding hydrogens is 408 g/mol. The first-order valence-electron chi connectivity index (χ1n) is 10.8. The quantitative estimate of drug-likeness (QED) is 0.348. The third-order valence-corrected chi connectivity index (χ3v) is 6.15. The summed E-state index contributed by atoms with van der Waals surface area (Å²) in [5, 5.41) is 2.02. The molecule has 2 aliphatic heterocycles. The molecule has 5 heteroatoms. The lowest BCUT2D eigenvalue weighted by molar-refractivity contribution is 0.100. The second-order valence-electron chi connectivity index (χ2n) is 8.08. The number of nitrogens with zero attached hydrogens (tertiary/aromatic N) is 4. The lowest BCUT2D eigenvalue weighted by Crippen LogP contribution is -2.31. The molecule has 154 valence electrons. The number of fused-ring (bicyclic) bond motifs is 4. The van der Waals surface area contributed by atoms with Crippen LogP contribution in [0.1, 0.15) is 16.2 Å². The van der Waals surface area contributed by atoms with Gasteiger partial charge in [0.2, 0.25) is 0 Å². The van der Waals surface area contributed by atoms with Crippen molar-refractivity contribution >= 4 is 33.9 Å². The Morgan fingerprint density at radius 1 is 0.576 bits per heavy atom. The van der Waals surface area contributed by atoms with Crippen molar-refractivity contribution in [2.24, 2.45) is 4.99 Å². The van der Waals surface area contributed by atoms with Crippen molar-refractivity contribution in [2.75, 3.05) is 4.90 Å². The Morgan fingerprint density at radius 3 is 1.85 bits per heavy atom. The number of benzene rings is 4. The Hall–Kier alpha value is -4.64. The van der Waals surface area contributed by atoms with Gasteiger partial charge in [-0.2, -0.15) is 0 Å². The molecular formula is C28H16N4O. The molecule has 0 saturated carbocycles. The molecule has 0 fully saturated rings. The van der Waals surface area contributed by atoms with E-state index < -0.39 is 0 Å². The smallest absolute Gasteiger partial charge is 0.266 e. The zero-order valence-corrected chi connectivity index (χ0v) is 17.4. The number of aromatic nitrogens is 2. The van der Waals surface area contributed by atoms with Crippen LogP contribution < -0.4 is 4.90 Å². The summed E-state index contributed by atoms with van der Waals surface area (Å²) < 4.78 is 0.